The lowest BCUT2D eigenvalue weighted by atomic mass is 9.83. The van der Waals surface area contributed by atoms with Crippen LogP contribution in [0.2, 0.25) is 0 Å². The van der Waals surface area contributed by atoms with Crippen LogP contribution < -0.4 is 20.7 Å². The average molecular weight is 466 g/mol. The van der Waals surface area contributed by atoms with Crippen LogP contribution in [0.25, 0.3) is 10.9 Å². The number of fused-ring (bicyclic) bond motifs is 1. The predicted octanol–water partition coefficient (Wildman–Crippen LogP) is 2.28. The van der Waals surface area contributed by atoms with E-state index >= 15 is 0 Å². The highest BCUT2D eigenvalue weighted by Gasteiger charge is 2.31. The van der Waals surface area contributed by atoms with Gasteiger partial charge in [-0.05, 0) is 44.7 Å². The minimum atomic E-state index is -0.690. The molecule has 10 nitrogen and oxygen atoms in total. The highest BCUT2D eigenvalue weighted by atomic mass is 16.5. The fourth-order valence-corrected chi connectivity index (χ4v) is 4.72. The molecule has 3 aromatic heterocycles. The van der Waals surface area contributed by atoms with Crippen LogP contribution in [0.15, 0.2) is 35.5 Å². The van der Waals surface area contributed by atoms with Gasteiger partial charge >= 0.3 is 0 Å². The lowest BCUT2D eigenvalue weighted by Gasteiger charge is -2.38. The first-order chi connectivity index (χ1) is 16.4. The molecular weight excluding hydrogens is 434 g/mol. The quantitative estimate of drug-likeness (QED) is 0.521. The summed E-state index contributed by atoms with van der Waals surface area (Å²) in [4.78, 5) is 33.5. The molecule has 0 aromatic carbocycles. The van der Waals surface area contributed by atoms with Crippen molar-refractivity contribution in [3.63, 3.8) is 0 Å². The monoisotopic (exact) mass is 465 g/mol. The van der Waals surface area contributed by atoms with Gasteiger partial charge in [0.05, 0.1) is 42.5 Å². The van der Waals surface area contributed by atoms with Crippen LogP contribution >= 0.6 is 0 Å². The molecule has 2 saturated heterocycles. The van der Waals surface area contributed by atoms with Crippen LogP contribution in [-0.2, 0) is 4.74 Å². The number of aromatic nitrogens is 4. The van der Waals surface area contributed by atoms with Crippen LogP contribution in [0.4, 0.5) is 23.1 Å². The predicted molar refractivity (Wildman–Crippen MR) is 132 cm³/mol. The van der Waals surface area contributed by atoms with E-state index in [1.807, 2.05) is 32.0 Å². The molecule has 3 aromatic rings. The molecule has 3 N–H and O–H groups in total. The van der Waals surface area contributed by atoms with Crippen molar-refractivity contribution < 1.29 is 9.84 Å². The number of hydrogen-bond acceptors (Lipinski definition) is 9. The molecule has 0 aliphatic carbocycles. The Labute approximate surface area is 198 Å². The Hall–Kier alpha value is -3.24. The normalized spacial score (nSPS) is 17.9. The third-order valence-electron chi connectivity index (χ3n) is 6.78. The van der Waals surface area contributed by atoms with Crippen LogP contribution in [0.3, 0.4) is 0 Å². The van der Waals surface area contributed by atoms with Crippen molar-refractivity contribution in [2.45, 2.75) is 32.3 Å². The van der Waals surface area contributed by atoms with Gasteiger partial charge in [0.1, 0.15) is 22.8 Å². The van der Waals surface area contributed by atoms with Crippen LogP contribution in [0.5, 0.6) is 0 Å². The number of anilines is 4. The smallest absolute Gasteiger partial charge is 0.262 e. The molecule has 2 aliphatic rings. The SMILES string of the molecule is CC(C)(O)C1CCN(c2cc3nc[nH]c(=O)c3c(Nc3ccc(N4CCOCC4)nc3)n2)CC1. The van der Waals surface area contributed by atoms with Gasteiger partial charge in [0, 0.05) is 32.2 Å². The number of piperidine rings is 1. The average Bonchev–Trinajstić information content (AvgIpc) is 2.84. The summed E-state index contributed by atoms with van der Waals surface area (Å²) < 4.78 is 5.41. The van der Waals surface area contributed by atoms with Crippen molar-refractivity contribution in [3.8, 4) is 0 Å². The Balaban J connectivity index is 1.42. The Morgan fingerprint density at radius 2 is 1.82 bits per heavy atom. The summed E-state index contributed by atoms with van der Waals surface area (Å²) >= 11 is 0. The zero-order valence-corrected chi connectivity index (χ0v) is 19.6. The number of aromatic amines is 1. The number of aliphatic hydroxyl groups is 1. The second-order valence-electron chi connectivity index (χ2n) is 9.50. The largest absolute Gasteiger partial charge is 0.390 e. The van der Waals surface area contributed by atoms with Gasteiger partial charge in [-0.15, -0.1) is 0 Å². The van der Waals surface area contributed by atoms with Gasteiger partial charge in [-0.1, -0.05) is 0 Å². The van der Waals surface area contributed by atoms with Crippen molar-refractivity contribution in [2.24, 2.45) is 5.92 Å². The molecule has 0 atom stereocenters. The van der Waals surface area contributed by atoms with E-state index in [1.165, 1.54) is 6.33 Å². The molecule has 0 spiro atoms. The maximum absolute atomic E-state index is 12.6. The van der Waals surface area contributed by atoms with Gasteiger partial charge in [-0.25, -0.2) is 15.0 Å². The number of ether oxygens (including phenoxy) is 1. The third-order valence-corrected chi connectivity index (χ3v) is 6.78. The Bertz CT molecular complexity index is 1190. The van der Waals surface area contributed by atoms with Crippen molar-refractivity contribution in [1.82, 2.24) is 19.9 Å². The maximum Gasteiger partial charge on any atom is 0.262 e. The van der Waals surface area contributed by atoms with E-state index in [4.69, 9.17) is 9.72 Å². The summed E-state index contributed by atoms with van der Waals surface area (Å²) in [6.07, 6.45) is 4.92. The summed E-state index contributed by atoms with van der Waals surface area (Å²) in [5.74, 6) is 2.36. The Morgan fingerprint density at radius 1 is 1.09 bits per heavy atom. The second kappa shape index (κ2) is 9.19. The first-order valence-corrected chi connectivity index (χ1v) is 11.8. The molecule has 5 heterocycles. The standard InChI is InChI=1S/C24H31N7O3/c1-24(2,33)16-5-7-30(8-6-16)20-13-18-21(23(32)27-15-26-18)22(29-20)28-17-3-4-19(25-14-17)31-9-11-34-12-10-31/h3-4,13-16,33H,5-12H2,1-2H3,(H,28,29)(H,26,27,32). The summed E-state index contributed by atoms with van der Waals surface area (Å²) in [6, 6.07) is 5.76. The number of nitrogens with one attached hydrogen (secondary N) is 2. The van der Waals surface area contributed by atoms with Crippen molar-refractivity contribution in [1.29, 1.82) is 0 Å². The number of nitrogens with zero attached hydrogens (tertiary/aromatic N) is 5. The molecule has 180 valence electrons. The fraction of sp³-hybridized carbons (Fsp3) is 0.500. The molecular formula is C24H31N7O3. The molecule has 2 fully saturated rings. The molecule has 0 amide bonds. The van der Waals surface area contributed by atoms with E-state index in [0.717, 1.165) is 56.3 Å². The summed E-state index contributed by atoms with van der Waals surface area (Å²) in [5.41, 5.74) is 0.390. The molecule has 10 heteroatoms. The fourth-order valence-electron chi connectivity index (χ4n) is 4.72. The highest BCUT2D eigenvalue weighted by Crippen LogP contribution is 2.32. The Morgan fingerprint density at radius 3 is 2.50 bits per heavy atom. The first-order valence-electron chi connectivity index (χ1n) is 11.8. The zero-order chi connectivity index (χ0) is 23.7. The Kier molecular flexibility index (Phi) is 6.09. The third kappa shape index (κ3) is 4.69. The van der Waals surface area contributed by atoms with Gasteiger partial charge < -0.3 is 29.9 Å². The van der Waals surface area contributed by atoms with E-state index in [9.17, 15) is 9.90 Å². The number of rotatable bonds is 5. The van der Waals surface area contributed by atoms with E-state index in [2.05, 4.69) is 30.1 Å². The zero-order valence-electron chi connectivity index (χ0n) is 19.6. The van der Waals surface area contributed by atoms with Crippen LogP contribution in [-0.4, -0.2) is 70.0 Å². The van der Waals surface area contributed by atoms with Crippen molar-refractivity contribution in [3.05, 3.63) is 41.1 Å². The summed E-state index contributed by atoms with van der Waals surface area (Å²) in [6.45, 7) is 8.35. The summed E-state index contributed by atoms with van der Waals surface area (Å²) in [5, 5.41) is 14.1. The van der Waals surface area contributed by atoms with E-state index < -0.39 is 5.60 Å². The van der Waals surface area contributed by atoms with E-state index in [0.29, 0.717) is 29.9 Å². The molecule has 5 rings (SSSR count). The second-order valence-corrected chi connectivity index (χ2v) is 9.50. The first kappa shape index (κ1) is 22.5. The van der Waals surface area contributed by atoms with Gasteiger partial charge in [-0.3, -0.25) is 4.79 Å². The maximum atomic E-state index is 12.6. The number of hydrogen-bond donors (Lipinski definition) is 3. The minimum Gasteiger partial charge on any atom is -0.390 e. The van der Waals surface area contributed by atoms with Gasteiger partial charge in [0.15, 0.2) is 0 Å². The minimum absolute atomic E-state index is 0.245. The molecule has 34 heavy (non-hydrogen) atoms. The van der Waals surface area contributed by atoms with Gasteiger partial charge in [0.2, 0.25) is 0 Å². The van der Waals surface area contributed by atoms with E-state index in [-0.39, 0.29) is 11.5 Å². The molecule has 0 bridgehead atoms. The van der Waals surface area contributed by atoms with Crippen LogP contribution in [0, 0.1) is 5.92 Å². The number of H-pyrrole nitrogens is 1. The topological polar surface area (TPSA) is 120 Å². The van der Waals surface area contributed by atoms with Crippen molar-refractivity contribution in [2.75, 3.05) is 54.5 Å². The van der Waals surface area contributed by atoms with Gasteiger partial charge in [0.25, 0.3) is 5.56 Å². The number of morpholine rings is 1. The van der Waals surface area contributed by atoms with Crippen molar-refractivity contribution >= 4 is 34.0 Å². The highest BCUT2D eigenvalue weighted by molar-refractivity contribution is 5.92. The van der Waals surface area contributed by atoms with Crippen LogP contribution in [0.1, 0.15) is 26.7 Å². The molecule has 2 aliphatic heterocycles. The van der Waals surface area contributed by atoms with E-state index in [1.54, 1.807) is 6.20 Å². The lowest BCUT2D eigenvalue weighted by Crippen LogP contribution is -2.42. The molecule has 0 saturated carbocycles. The number of pyridine rings is 2. The van der Waals surface area contributed by atoms with Gasteiger partial charge in [-0.2, -0.15) is 0 Å². The molecule has 0 unspecified atom stereocenters. The molecule has 0 radical (unpaired) electrons. The summed E-state index contributed by atoms with van der Waals surface area (Å²) in [7, 11) is 0. The lowest BCUT2D eigenvalue weighted by molar-refractivity contribution is 0.00646.